The minimum absolute atomic E-state index is 0.0650. The first-order valence-electron chi connectivity index (χ1n) is 12.9. The second kappa shape index (κ2) is 9.91. The Morgan fingerprint density at radius 1 is 1.00 bits per heavy atom. The molecule has 3 fully saturated rings. The molecule has 0 aromatic heterocycles. The molecule has 2 amide bonds. The van der Waals surface area contributed by atoms with E-state index in [4.69, 9.17) is 10.7 Å². The Balaban J connectivity index is 1.40. The van der Waals surface area contributed by atoms with Crippen LogP contribution in [0.1, 0.15) is 96.3 Å². The smallest absolute Gasteiger partial charge is 0.257 e. The van der Waals surface area contributed by atoms with Crippen LogP contribution >= 0.6 is 0 Å². The number of amides is 2. The van der Waals surface area contributed by atoms with Gasteiger partial charge in [0.05, 0.1) is 0 Å². The summed E-state index contributed by atoms with van der Waals surface area (Å²) < 4.78 is 0. The van der Waals surface area contributed by atoms with Gasteiger partial charge in [-0.15, -0.1) is 0 Å². The van der Waals surface area contributed by atoms with Gasteiger partial charge in [-0.1, -0.05) is 44.9 Å². The molecular formula is C25H42N4O2. The summed E-state index contributed by atoms with van der Waals surface area (Å²) in [4.78, 5) is 34.6. The zero-order valence-corrected chi connectivity index (χ0v) is 19.5. The lowest BCUT2D eigenvalue weighted by atomic mass is 9.77. The molecule has 0 spiro atoms. The second-order valence-electron chi connectivity index (χ2n) is 10.8. The highest BCUT2D eigenvalue weighted by Gasteiger charge is 2.48. The third-order valence-corrected chi connectivity index (χ3v) is 8.50. The number of rotatable bonds is 7. The van der Waals surface area contributed by atoms with Crippen LogP contribution in [0.15, 0.2) is 4.99 Å². The Morgan fingerprint density at radius 3 is 2.32 bits per heavy atom. The molecule has 2 aliphatic heterocycles. The molecule has 4 aliphatic rings. The van der Waals surface area contributed by atoms with Crippen molar-refractivity contribution in [3.05, 3.63) is 0 Å². The van der Waals surface area contributed by atoms with Crippen LogP contribution in [-0.4, -0.2) is 53.2 Å². The van der Waals surface area contributed by atoms with Crippen molar-refractivity contribution in [1.29, 1.82) is 0 Å². The monoisotopic (exact) mass is 430 g/mol. The van der Waals surface area contributed by atoms with E-state index in [-0.39, 0.29) is 5.91 Å². The summed E-state index contributed by atoms with van der Waals surface area (Å²) in [5.74, 6) is 2.39. The van der Waals surface area contributed by atoms with E-state index in [2.05, 4.69) is 4.90 Å². The number of aliphatic imine (C=N–C) groups is 1. The number of guanidine groups is 1. The molecule has 0 aromatic carbocycles. The van der Waals surface area contributed by atoms with Gasteiger partial charge < -0.3 is 10.6 Å². The van der Waals surface area contributed by atoms with Crippen LogP contribution < -0.4 is 5.73 Å². The standard InChI is InChI=1S/C25H42N4O2/c1-28-23(31)25(27-24(28)26,14-13-19-8-3-2-4-9-19)17-21-12-7-15-29(18-21)22(30)16-20-10-5-6-11-20/h19-21H,2-18H2,1H3,(H2,26,27)/t21-,25-/m0/s1. The number of carbonyl (C=O) groups excluding carboxylic acids is 2. The molecule has 2 N–H and O–H groups in total. The van der Waals surface area contributed by atoms with E-state index >= 15 is 0 Å². The van der Waals surface area contributed by atoms with E-state index in [1.54, 1.807) is 11.9 Å². The summed E-state index contributed by atoms with van der Waals surface area (Å²) >= 11 is 0. The van der Waals surface area contributed by atoms with E-state index in [0.29, 0.717) is 30.1 Å². The second-order valence-corrected chi connectivity index (χ2v) is 10.8. The number of hydrogen-bond acceptors (Lipinski definition) is 4. The Morgan fingerprint density at radius 2 is 1.65 bits per heavy atom. The average molecular weight is 431 g/mol. The lowest BCUT2D eigenvalue weighted by Gasteiger charge is -2.37. The molecule has 1 saturated heterocycles. The zero-order chi connectivity index (χ0) is 21.8. The number of nitrogens with two attached hydrogens (primary N) is 1. The number of hydrogen-bond donors (Lipinski definition) is 1. The van der Waals surface area contributed by atoms with Gasteiger partial charge in [-0.25, -0.2) is 4.99 Å². The first kappa shape index (κ1) is 22.6. The van der Waals surface area contributed by atoms with Crippen LogP contribution in [0.25, 0.3) is 0 Å². The van der Waals surface area contributed by atoms with Gasteiger partial charge in [0.25, 0.3) is 5.91 Å². The van der Waals surface area contributed by atoms with Crippen molar-refractivity contribution in [2.24, 2.45) is 28.5 Å². The van der Waals surface area contributed by atoms with E-state index in [1.807, 2.05) is 0 Å². The summed E-state index contributed by atoms with van der Waals surface area (Å²) in [7, 11) is 1.75. The largest absolute Gasteiger partial charge is 0.369 e. The molecule has 2 atom stereocenters. The summed E-state index contributed by atoms with van der Waals surface area (Å²) in [5.41, 5.74) is 5.41. The molecule has 4 rings (SSSR count). The minimum atomic E-state index is -0.710. The van der Waals surface area contributed by atoms with Crippen LogP contribution in [0.5, 0.6) is 0 Å². The van der Waals surface area contributed by atoms with Crippen molar-refractivity contribution < 1.29 is 9.59 Å². The number of likely N-dealkylation sites (tertiary alicyclic amines) is 1. The predicted molar refractivity (Wildman–Crippen MR) is 123 cm³/mol. The molecule has 0 unspecified atom stereocenters. The topological polar surface area (TPSA) is 79.0 Å². The molecule has 0 bridgehead atoms. The van der Waals surface area contributed by atoms with Crippen molar-refractivity contribution in [1.82, 2.24) is 9.80 Å². The normalized spacial score (nSPS) is 30.8. The van der Waals surface area contributed by atoms with Crippen molar-refractivity contribution in [2.45, 2.75) is 102 Å². The minimum Gasteiger partial charge on any atom is -0.369 e. The fourth-order valence-corrected chi connectivity index (χ4v) is 6.60. The third-order valence-electron chi connectivity index (χ3n) is 8.50. The summed E-state index contributed by atoms with van der Waals surface area (Å²) in [6, 6.07) is 0. The van der Waals surface area contributed by atoms with Gasteiger partial charge in [-0.2, -0.15) is 0 Å². The fourth-order valence-electron chi connectivity index (χ4n) is 6.60. The first-order chi connectivity index (χ1) is 15.0. The summed E-state index contributed by atoms with van der Waals surface area (Å²) in [6.45, 7) is 1.65. The van der Waals surface area contributed by atoms with Crippen molar-refractivity contribution in [2.75, 3.05) is 20.1 Å². The van der Waals surface area contributed by atoms with Gasteiger partial charge in [0.15, 0.2) is 5.96 Å². The van der Waals surface area contributed by atoms with Crippen molar-refractivity contribution in [3.63, 3.8) is 0 Å². The number of piperidine rings is 1. The molecule has 2 saturated carbocycles. The number of nitrogens with zero attached hydrogens (tertiary/aromatic N) is 3. The molecule has 174 valence electrons. The average Bonchev–Trinajstić information content (AvgIpc) is 3.36. The maximum absolute atomic E-state index is 13.3. The van der Waals surface area contributed by atoms with E-state index < -0.39 is 5.54 Å². The molecule has 2 heterocycles. The Hall–Kier alpha value is -1.59. The molecule has 0 radical (unpaired) electrons. The highest BCUT2D eigenvalue weighted by Crippen LogP contribution is 2.39. The highest BCUT2D eigenvalue weighted by molar-refractivity contribution is 6.06. The molecular weight excluding hydrogens is 388 g/mol. The lowest BCUT2D eigenvalue weighted by Crippen LogP contribution is -2.47. The SMILES string of the molecule is CN1C(=O)[C@](CCC2CCCCC2)(C[C@@H]2CCCN(C(=O)CC3CCCC3)C2)N=C1N. The maximum Gasteiger partial charge on any atom is 0.257 e. The van der Waals surface area contributed by atoms with Crippen LogP contribution in [0, 0.1) is 17.8 Å². The predicted octanol–water partition coefficient (Wildman–Crippen LogP) is 4.08. The zero-order valence-electron chi connectivity index (χ0n) is 19.5. The van der Waals surface area contributed by atoms with Crippen LogP contribution in [0.2, 0.25) is 0 Å². The first-order valence-corrected chi connectivity index (χ1v) is 12.9. The quantitative estimate of drug-likeness (QED) is 0.661. The van der Waals surface area contributed by atoms with E-state index in [9.17, 15) is 9.59 Å². The Kier molecular flexibility index (Phi) is 7.22. The van der Waals surface area contributed by atoms with Gasteiger partial charge in [0.2, 0.25) is 5.91 Å². The van der Waals surface area contributed by atoms with Gasteiger partial charge in [0.1, 0.15) is 5.54 Å². The highest BCUT2D eigenvalue weighted by atomic mass is 16.2. The maximum atomic E-state index is 13.3. The lowest BCUT2D eigenvalue weighted by molar-refractivity contribution is -0.134. The van der Waals surface area contributed by atoms with Gasteiger partial charge in [0, 0.05) is 26.6 Å². The Bertz CT molecular complexity index is 681. The summed E-state index contributed by atoms with van der Waals surface area (Å²) in [5, 5.41) is 0. The third kappa shape index (κ3) is 5.25. The van der Waals surface area contributed by atoms with Gasteiger partial charge >= 0.3 is 0 Å². The summed E-state index contributed by atoms with van der Waals surface area (Å²) in [6.07, 6.45) is 16.9. The van der Waals surface area contributed by atoms with Crippen LogP contribution in [0.4, 0.5) is 0 Å². The molecule has 0 aromatic rings. The number of likely N-dealkylation sites (N-methyl/N-ethyl adjacent to an activating group) is 1. The van der Waals surface area contributed by atoms with Crippen LogP contribution in [-0.2, 0) is 9.59 Å². The molecule has 6 nitrogen and oxygen atoms in total. The van der Waals surface area contributed by atoms with Gasteiger partial charge in [-0.3, -0.25) is 14.5 Å². The molecule has 2 aliphatic carbocycles. The molecule has 31 heavy (non-hydrogen) atoms. The van der Waals surface area contributed by atoms with Crippen molar-refractivity contribution >= 4 is 17.8 Å². The van der Waals surface area contributed by atoms with E-state index in [0.717, 1.165) is 51.1 Å². The van der Waals surface area contributed by atoms with Crippen LogP contribution in [0.3, 0.4) is 0 Å². The van der Waals surface area contributed by atoms with Crippen molar-refractivity contribution in [3.8, 4) is 0 Å². The molecule has 6 heteroatoms. The van der Waals surface area contributed by atoms with Gasteiger partial charge in [-0.05, 0) is 62.7 Å². The fraction of sp³-hybridized carbons (Fsp3) is 0.880. The number of carbonyl (C=O) groups is 2. The Labute approximate surface area is 188 Å². The van der Waals surface area contributed by atoms with E-state index in [1.165, 1.54) is 57.8 Å².